The highest BCUT2D eigenvalue weighted by Gasteiger charge is 2.33. The Morgan fingerprint density at radius 1 is 1.22 bits per heavy atom. The van der Waals surface area contributed by atoms with Gasteiger partial charge in [-0.1, -0.05) is 41.7 Å². The summed E-state index contributed by atoms with van der Waals surface area (Å²) in [6.07, 6.45) is 0.764. The molecule has 0 unspecified atom stereocenters. The van der Waals surface area contributed by atoms with Crippen molar-refractivity contribution in [2.45, 2.75) is 23.7 Å². The van der Waals surface area contributed by atoms with Gasteiger partial charge in [0.1, 0.15) is 5.82 Å². The monoisotopic (exact) mass is 338 g/mol. The minimum atomic E-state index is -4.50. The molecule has 0 saturated carbocycles. The second-order valence-electron chi connectivity index (χ2n) is 3.18. The van der Waals surface area contributed by atoms with E-state index in [1.165, 1.54) is 0 Å². The Kier molecular flexibility index (Phi) is 5.70. The molecule has 1 rings (SSSR count). The van der Waals surface area contributed by atoms with E-state index in [9.17, 15) is 13.2 Å². The number of rotatable bonds is 4. The average molecular weight is 340 g/mol. The lowest BCUT2D eigenvalue weighted by Gasteiger charge is -2.14. The molecule has 0 amide bonds. The molecule has 9 heteroatoms. The zero-order chi connectivity index (χ0) is 13.9. The number of thioether (sulfide) groups is 1. The molecule has 0 fully saturated rings. The first kappa shape index (κ1) is 16.0. The van der Waals surface area contributed by atoms with E-state index in [1.807, 2.05) is 6.92 Å². The molecule has 1 aromatic heterocycles. The molecule has 0 radical (unpaired) electrons. The van der Waals surface area contributed by atoms with E-state index in [1.54, 1.807) is 0 Å². The molecule has 0 bridgehead atoms. The minimum absolute atomic E-state index is 0.0969. The Morgan fingerprint density at radius 3 is 2.33 bits per heavy atom. The number of aromatic nitrogens is 1. The Balaban J connectivity index is 3.18. The number of hydrogen-bond donors (Lipinski definition) is 1. The zero-order valence-electron chi connectivity index (χ0n) is 9.04. The van der Waals surface area contributed by atoms with Crippen LogP contribution in [0.5, 0.6) is 0 Å². The van der Waals surface area contributed by atoms with Gasteiger partial charge in [-0.25, -0.2) is 4.98 Å². The van der Waals surface area contributed by atoms with Crippen LogP contribution < -0.4 is 5.32 Å². The molecule has 1 N–H and O–H groups in total. The second-order valence-corrected chi connectivity index (χ2v) is 5.37. The second kappa shape index (κ2) is 6.41. The van der Waals surface area contributed by atoms with Gasteiger partial charge >= 0.3 is 5.51 Å². The molecule has 102 valence electrons. The number of nitrogens with one attached hydrogen (secondary N) is 1. The van der Waals surface area contributed by atoms with Gasteiger partial charge in [-0.3, -0.25) is 0 Å². The molecule has 0 aromatic carbocycles. The normalized spacial score (nSPS) is 11.7. The van der Waals surface area contributed by atoms with E-state index in [0.717, 1.165) is 6.42 Å². The first-order valence-corrected chi connectivity index (χ1v) is 6.75. The zero-order valence-corrected chi connectivity index (χ0v) is 12.1. The summed E-state index contributed by atoms with van der Waals surface area (Å²) in [5.41, 5.74) is -4.50. The van der Waals surface area contributed by atoms with Gasteiger partial charge in [0.15, 0.2) is 5.15 Å². The van der Waals surface area contributed by atoms with Crippen LogP contribution in [-0.4, -0.2) is 17.0 Å². The van der Waals surface area contributed by atoms with Gasteiger partial charge in [0.2, 0.25) is 0 Å². The molecule has 18 heavy (non-hydrogen) atoms. The van der Waals surface area contributed by atoms with Crippen molar-refractivity contribution in [1.29, 1.82) is 0 Å². The molecule has 1 heterocycles. The number of halogens is 6. The van der Waals surface area contributed by atoms with Crippen LogP contribution in [0.2, 0.25) is 15.2 Å². The maximum Gasteiger partial charge on any atom is 0.446 e. The van der Waals surface area contributed by atoms with Crippen molar-refractivity contribution in [1.82, 2.24) is 4.98 Å². The fraction of sp³-hybridized carbons (Fsp3) is 0.444. The fourth-order valence-corrected chi connectivity index (χ4v) is 2.52. The van der Waals surface area contributed by atoms with E-state index >= 15 is 0 Å². The average Bonchev–Trinajstić information content (AvgIpc) is 2.26. The first-order valence-electron chi connectivity index (χ1n) is 4.80. The minimum Gasteiger partial charge on any atom is -0.369 e. The summed E-state index contributed by atoms with van der Waals surface area (Å²) < 4.78 is 37.1. The van der Waals surface area contributed by atoms with Crippen LogP contribution in [0.3, 0.4) is 0 Å². The lowest BCUT2D eigenvalue weighted by molar-refractivity contribution is -0.0328. The molecule has 2 nitrogen and oxygen atoms in total. The van der Waals surface area contributed by atoms with E-state index in [-0.39, 0.29) is 25.9 Å². The lowest BCUT2D eigenvalue weighted by Crippen LogP contribution is -2.06. The van der Waals surface area contributed by atoms with Gasteiger partial charge in [-0.15, -0.1) is 0 Å². The predicted molar refractivity (Wildman–Crippen MR) is 70.0 cm³/mol. The molecule has 0 aliphatic heterocycles. The SMILES string of the molecule is CCCNc1nc(Cl)c(Cl)c(SC(F)(F)F)c1Cl. The maximum atomic E-state index is 12.4. The summed E-state index contributed by atoms with van der Waals surface area (Å²) in [6, 6.07) is 0. The van der Waals surface area contributed by atoms with Gasteiger partial charge in [-0.05, 0) is 18.2 Å². The third kappa shape index (κ3) is 4.26. The number of pyridine rings is 1. The highest BCUT2D eigenvalue weighted by Crippen LogP contribution is 2.47. The number of hydrogen-bond acceptors (Lipinski definition) is 3. The van der Waals surface area contributed by atoms with Crippen LogP contribution in [0, 0.1) is 0 Å². The summed E-state index contributed by atoms with van der Waals surface area (Å²) in [4.78, 5) is 3.47. The molecule has 0 aliphatic carbocycles. The van der Waals surface area contributed by atoms with Gasteiger partial charge in [0.05, 0.1) is 14.9 Å². The Labute approximate surface area is 121 Å². The summed E-state index contributed by atoms with van der Waals surface area (Å²) >= 11 is 16.8. The molecule has 0 spiro atoms. The third-order valence-electron chi connectivity index (χ3n) is 1.76. The van der Waals surface area contributed by atoms with Crippen LogP contribution in [-0.2, 0) is 0 Å². The van der Waals surface area contributed by atoms with Crippen molar-refractivity contribution in [3.05, 3.63) is 15.2 Å². The van der Waals surface area contributed by atoms with Gasteiger partial charge in [0, 0.05) is 6.54 Å². The van der Waals surface area contributed by atoms with Crippen molar-refractivity contribution >= 4 is 52.4 Å². The van der Waals surface area contributed by atoms with Gasteiger partial charge in [0.25, 0.3) is 0 Å². The van der Waals surface area contributed by atoms with E-state index in [2.05, 4.69) is 10.3 Å². The molecule has 0 aliphatic rings. The highest BCUT2D eigenvalue weighted by molar-refractivity contribution is 8.00. The first-order chi connectivity index (χ1) is 8.26. The summed E-state index contributed by atoms with van der Waals surface area (Å²) in [7, 11) is 0. The third-order valence-corrected chi connectivity index (χ3v) is 3.93. The van der Waals surface area contributed by atoms with E-state index < -0.39 is 17.3 Å². The molecule has 0 saturated heterocycles. The quantitative estimate of drug-likeness (QED) is 0.581. The lowest BCUT2D eigenvalue weighted by atomic mass is 10.4. The molecule has 0 atom stereocenters. The summed E-state index contributed by atoms with van der Waals surface area (Å²) in [5, 5.41) is 2.09. The van der Waals surface area contributed by atoms with Crippen molar-refractivity contribution in [2.75, 3.05) is 11.9 Å². The van der Waals surface area contributed by atoms with Gasteiger partial charge in [-0.2, -0.15) is 13.2 Å². The Hall–Kier alpha value is -0.0400. The standard InChI is InChI=1S/C9H8Cl3F3N2S/c1-2-3-16-8-5(11)6(18-9(13,14)15)4(10)7(12)17-8/h2-3H2,1H3,(H,16,17). The van der Waals surface area contributed by atoms with E-state index in [4.69, 9.17) is 34.8 Å². The van der Waals surface area contributed by atoms with Crippen molar-refractivity contribution < 1.29 is 13.2 Å². The van der Waals surface area contributed by atoms with Crippen molar-refractivity contribution in [3.8, 4) is 0 Å². The largest absolute Gasteiger partial charge is 0.446 e. The van der Waals surface area contributed by atoms with Crippen molar-refractivity contribution in [2.24, 2.45) is 0 Å². The van der Waals surface area contributed by atoms with Crippen LogP contribution in [0.1, 0.15) is 13.3 Å². The number of alkyl halides is 3. The topological polar surface area (TPSA) is 24.9 Å². The number of nitrogens with zero attached hydrogens (tertiary/aromatic N) is 1. The molecule has 1 aromatic rings. The fourth-order valence-electron chi connectivity index (χ4n) is 1.06. The molecular weight excluding hydrogens is 332 g/mol. The highest BCUT2D eigenvalue weighted by atomic mass is 35.5. The van der Waals surface area contributed by atoms with Gasteiger partial charge < -0.3 is 5.32 Å². The Bertz CT molecular complexity index is 440. The van der Waals surface area contributed by atoms with Crippen molar-refractivity contribution in [3.63, 3.8) is 0 Å². The Morgan fingerprint density at radius 2 is 1.83 bits per heavy atom. The summed E-state index contributed by atoms with van der Waals surface area (Å²) in [5.74, 6) is 0.0969. The van der Waals surface area contributed by atoms with Crippen LogP contribution in [0.25, 0.3) is 0 Å². The maximum absolute atomic E-state index is 12.4. The predicted octanol–water partition coefficient (Wildman–Crippen LogP) is 5.48. The van der Waals surface area contributed by atoms with Crippen LogP contribution in [0.15, 0.2) is 4.90 Å². The van der Waals surface area contributed by atoms with E-state index in [0.29, 0.717) is 6.54 Å². The van der Waals surface area contributed by atoms with Crippen LogP contribution >= 0.6 is 46.6 Å². The summed E-state index contributed by atoms with van der Waals surface area (Å²) in [6.45, 7) is 2.41. The smallest absolute Gasteiger partial charge is 0.369 e. The molecular formula is C9H8Cl3F3N2S. The van der Waals surface area contributed by atoms with Crippen LogP contribution in [0.4, 0.5) is 19.0 Å². The number of anilines is 1.